The molecule has 5 nitrogen and oxygen atoms in total. The Bertz CT molecular complexity index is 801. The Morgan fingerprint density at radius 2 is 1.93 bits per heavy atom. The molecule has 0 atom stereocenters. The third-order valence-corrected chi connectivity index (χ3v) is 5.23. The predicted octanol–water partition coefficient (Wildman–Crippen LogP) is 4.08. The molecule has 2 N–H and O–H groups in total. The van der Waals surface area contributed by atoms with Gasteiger partial charge < -0.3 is 15.5 Å². The lowest BCUT2D eigenvalue weighted by molar-refractivity contribution is 0.503. The van der Waals surface area contributed by atoms with Crippen molar-refractivity contribution in [3.63, 3.8) is 0 Å². The van der Waals surface area contributed by atoms with E-state index in [2.05, 4.69) is 51.5 Å². The number of nitrogens with zero attached hydrogens (tertiary/aromatic N) is 3. The Morgan fingerprint density at radius 3 is 2.55 bits per heavy atom. The first-order valence-corrected chi connectivity index (χ1v) is 9.88. The van der Waals surface area contributed by atoms with Crippen LogP contribution in [0.5, 0.6) is 0 Å². The van der Waals surface area contributed by atoms with Crippen LogP contribution in [0.25, 0.3) is 0 Å². The van der Waals surface area contributed by atoms with E-state index in [4.69, 9.17) is 0 Å². The van der Waals surface area contributed by atoms with Crippen molar-refractivity contribution in [2.24, 2.45) is 4.99 Å². The number of aliphatic imine (C=N–C) groups is 1. The van der Waals surface area contributed by atoms with Crippen LogP contribution in [0, 0.1) is 5.82 Å². The van der Waals surface area contributed by atoms with Gasteiger partial charge in [-0.05, 0) is 42.2 Å². The molecule has 29 heavy (non-hydrogen) atoms. The van der Waals surface area contributed by atoms with Crippen LogP contribution in [0.15, 0.2) is 47.6 Å². The van der Waals surface area contributed by atoms with E-state index < -0.39 is 0 Å². The van der Waals surface area contributed by atoms with Gasteiger partial charge in [-0.1, -0.05) is 32.0 Å². The number of aromatic nitrogens is 1. The summed E-state index contributed by atoms with van der Waals surface area (Å²) in [5.74, 6) is 1.56. The molecule has 2 heterocycles. The molecule has 1 aliphatic rings. The van der Waals surface area contributed by atoms with Gasteiger partial charge in [0.2, 0.25) is 0 Å². The number of benzene rings is 1. The molecule has 0 bridgehead atoms. The van der Waals surface area contributed by atoms with Gasteiger partial charge in [0.25, 0.3) is 0 Å². The predicted molar refractivity (Wildman–Crippen MR) is 129 cm³/mol. The second kappa shape index (κ2) is 10.8. The van der Waals surface area contributed by atoms with Gasteiger partial charge in [-0.3, -0.25) is 4.99 Å². The highest BCUT2D eigenvalue weighted by Gasteiger charge is 2.21. The van der Waals surface area contributed by atoms with Gasteiger partial charge in [0, 0.05) is 44.8 Å². The molecule has 158 valence electrons. The van der Waals surface area contributed by atoms with E-state index in [-0.39, 0.29) is 35.2 Å². The minimum atomic E-state index is -0.224. The maximum Gasteiger partial charge on any atom is 0.191 e. The molecule has 0 unspecified atom stereocenters. The van der Waals surface area contributed by atoms with Crippen molar-refractivity contribution in [3.05, 3.63) is 59.5 Å². The number of halogens is 2. The summed E-state index contributed by atoms with van der Waals surface area (Å²) in [7, 11) is 1.75. The minimum absolute atomic E-state index is 0. The smallest absolute Gasteiger partial charge is 0.191 e. The molecule has 0 spiro atoms. The van der Waals surface area contributed by atoms with Gasteiger partial charge in [-0.2, -0.15) is 0 Å². The SMILES string of the molecule is CN=C(NCc1ccc(N2CCCC2)nc1)NCC(C)(C)c1cccc(F)c1.I. The third kappa shape index (κ3) is 6.55. The van der Waals surface area contributed by atoms with Crippen molar-refractivity contribution in [1.29, 1.82) is 0 Å². The molecule has 7 heteroatoms. The number of pyridine rings is 1. The third-order valence-electron chi connectivity index (χ3n) is 5.23. The van der Waals surface area contributed by atoms with E-state index in [1.807, 2.05) is 12.3 Å². The van der Waals surface area contributed by atoms with Gasteiger partial charge in [0.15, 0.2) is 5.96 Å². The molecular weight excluding hydrogens is 480 g/mol. The standard InChI is InChI=1S/C22H30FN5.HI/c1-22(2,18-7-6-8-19(23)13-18)16-27-21(24-3)26-15-17-9-10-20(25-14-17)28-11-4-5-12-28;/h6-10,13-14H,4-5,11-12,15-16H2,1-3H3,(H2,24,26,27);1H. The number of rotatable bonds is 6. The molecule has 0 aliphatic carbocycles. The largest absolute Gasteiger partial charge is 0.357 e. The first kappa shape index (κ1) is 23.4. The summed E-state index contributed by atoms with van der Waals surface area (Å²) in [4.78, 5) is 11.2. The Morgan fingerprint density at radius 1 is 1.17 bits per heavy atom. The van der Waals surface area contributed by atoms with Crippen LogP contribution >= 0.6 is 24.0 Å². The van der Waals surface area contributed by atoms with Crippen LogP contribution in [-0.2, 0) is 12.0 Å². The molecule has 0 saturated carbocycles. The molecular formula is C22H31FIN5. The Balaban J connectivity index is 0.00000300. The lowest BCUT2D eigenvalue weighted by Crippen LogP contribution is -2.43. The van der Waals surface area contributed by atoms with Gasteiger partial charge in [0.1, 0.15) is 11.6 Å². The molecule has 1 aromatic heterocycles. The molecule has 1 fully saturated rings. The Kier molecular flexibility index (Phi) is 8.67. The number of nitrogens with one attached hydrogen (secondary N) is 2. The van der Waals surface area contributed by atoms with Gasteiger partial charge in [-0.25, -0.2) is 9.37 Å². The second-order valence-electron chi connectivity index (χ2n) is 7.89. The van der Waals surface area contributed by atoms with Crippen molar-refractivity contribution < 1.29 is 4.39 Å². The summed E-state index contributed by atoms with van der Waals surface area (Å²) in [5.41, 5.74) is 1.84. The Hall–Kier alpha value is -1.90. The number of anilines is 1. The highest BCUT2D eigenvalue weighted by atomic mass is 127. The molecule has 0 amide bonds. The molecule has 0 radical (unpaired) electrons. The van der Waals surface area contributed by atoms with E-state index >= 15 is 0 Å². The van der Waals surface area contributed by atoms with E-state index in [9.17, 15) is 4.39 Å². The van der Waals surface area contributed by atoms with Crippen molar-refractivity contribution >= 4 is 35.8 Å². The first-order valence-electron chi connectivity index (χ1n) is 9.88. The van der Waals surface area contributed by atoms with Crippen LogP contribution in [0.4, 0.5) is 10.2 Å². The molecule has 2 aromatic rings. The molecule has 1 saturated heterocycles. The Labute approximate surface area is 190 Å². The maximum atomic E-state index is 13.5. The average molecular weight is 511 g/mol. The van der Waals surface area contributed by atoms with Gasteiger partial charge in [-0.15, -0.1) is 24.0 Å². The topological polar surface area (TPSA) is 52.6 Å². The zero-order valence-electron chi connectivity index (χ0n) is 17.4. The lowest BCUT2D eigenvalue weighted by atomic mass is 9.84. The quantitative estimate of drug-likeness (QED) is 0.349. The highest BCUT2D eigenvalue weighted by Crippen LogP contribution is 2.23. The van der Waals surface area contributed by atoms with Crippen molar-refractivity contribution in [1.82, 2.24) is 15.6 Å². The summed E-state index contributed by atoms with van der Waals surface area (Å²) < 4.78 is 13.5. The van der Waals surface area contributed by atoms with Crippen molar-refractivity contribution in [3.8, 4) is 0 Å². The average Bonchev–Trinajstić information content (AvgIpc) is 3.23. The van der Waals surface area contributed by atoms with Gasteiger partial charge >= 0.3 is 0 Å². The van der Waals surface area contributed by atoms with E-state index in [0.717, 1.165) is 30.0 Å². The van der Waals surface area contributed by atoms with E-state index in [1.54, 1.807) is 19.2 Å². The minimum Gasteiger partial charge on any atom is -0.357 e. The second-order valence-corrected chi connectivity index (χ2v) is 7.89. The normalized spacial score (nSPS) is 14.5. The zero-order chi connectivity index (χ0) is 20.0. The highest BCUT2D eigenvalue weighted by molar-refractivity contribution is 14.0. The molecule has 1 aliphatic heterocycles. The van der Waals surface area contributed by atoms with Crippen LogP contribution in [0.3, 0.4) is 0 Å². The summed E-state index contributed by atoms with van der Waals surface area (Å²) in [5, 5.41) is 6.66. The van der Waals surface area contributed by atoms with E-state index in [1.165, 1.54) is 18.9 Å². The number of guanidine groups is 1. The summed E-state index contributed by atoms with van der Waals surface area (Å²) in [6.45, 7) is 7.66. The fraction of sp³-hybridized carbons (Fsp3) is 0.455. The fourth-order valence-corrected chi connectivity index (χ4v) is 3.38. The number of hydrogen-bond acceptors (Lipinski definition) is 3. The zero-order valence-corrected chi connectivity index (χ0v) is 19.7. The summed E-state index contributed by atoms with van der Waals surface area (Å²) in [6, 6.07) is 11.0. The molecule has 1 aromatic carbocycles. The van der Waals surface area contributed by atoms with Crippen LogP contribution in [-0.4, -0.2) is 37.6 Å². The fourth-order valence-electron chi connectivity index (χ4n) is 3.38. The van der Waals surface area contributed by atoms with Crippen LogP contribution in [0.1, 0.15) is 37.8 Å². The summed E-state index contributed by atoms with van der Waals surface area (Å²) >= 11 is 0. The lowest BCUT2D eigenvalue weighted by Gasteiger charge is -2.27. The summed E-state index contributed by atoms with van der Waals surface area (Å²) in [6.07, 6.45) is 4.42. The van der Waals surface area contributed by atoms with E-state index in [0.29, 0.717) is 19.0 Å². The molecule has 3 rings (SSSR count). The monoisotopic (exact) mass is 511 g/mol. The van der Waals surface area contributed by atoms with Crippen LogP contribution < -0.4 is 15.5 Å². The van der Waals surface area contributed by atoms with Crippen molar-refractivity contribution in [2.45, 2.75) is 38.6 Å². The first-order chi connectivity index (χ1) is 13.5. The number of hydrogen-bond donors (Lipinski definition) is 2. The van der Waals surface area contributed by atoms with Crippen LogP contribution in [0.2, 0.25) is 0 Å². The van der Waals surface area contributed by atoms with Crippen molar-refractivity contribution in [2.75, 3.05) is 31.6 Å². The van der Waals surface area contributed by atoms with Gasteiger partial charge in [0.05, 0.1) is 0 Å². The maximum absolute atomic E-state index is 13.5.